The Bertz CT molecular complexity index is 818. The van der Waals surface area contributed by atoms with Gasteiger partial charge in [0.05, 0.1) is 5.57 Å². The summed E-state index contributed by atoms with van der Waals surface area (Å²) in [5, 5.41) is 17.1. The fraction of sp³-hybridized carbons (Fsp3) is 0.389. The highest BCUT2D eigenvalue weighted by Gasteiger charge is 2.35. The van der Waals surface area contributed by atoms with Gasteiger partial charge < -0.3 is 15.3 Å². The van der Waals surface area contributed by atoms with Crippen LogP contribution in [0.1, 0.15) is 37.8 Å². The fourth-order valence-electron chi connectivity index (χ4n) is 3.60. The van der Waals surface area contributed by atoms with E-state index in [1.54, 1.807) is 16.8 Å². The van der Waals surface area contributed by atoms with Crippen molar-refractivity contribution in [2.45, 2.75) is 32.2 Å². The third kappa shape index (κ3) is 2.75. The monoisotopic (exact) mass is 339 g/mol. The summed E-state index contributed by atoms with van der Waals surface area (Å²) in [6.07, 6.45) is 4.75. The Kier molecular flexibility index (Phi) is 3.91. The second-order valence-electron chi connectivity index (χ2n) is 6.54. The molecule has 7 heteroatoms. The highest BCUT2D eigenvalue weighted by atomic mass is 16.3. The number of amides is 1. The molecule has 1 amide bonds. The molecule has 1 aromatic heterocycles. The number of allylic oxidation sites excluding steroid dienone is 1. The van der Waals surface area contributed by atoms with E-state index in [4.69, 9.17) is 0 Å². The van der Waals surface area contributed by atoms with Crippen molar-refractivity contribution in [3.63, 3.8) is 0 Å². The lowest BCUT2D eigenvalue weighted by Crippen LogP contribution is -2.40. The lowest BCUT2D eigenvalue weighted by atomic mass is 9.94. The maximum Gasteiger partial charge on any atom is 0.254 e. The van der Waals surface area contributed by atoms with Crippen LogP contribution < -0.4 is 5.32 Å². The molecule has 2 aliphatic heterocycles. The normalized spacial score (nSPS) is 20.2. The molecule has 25 heavy (non-hydrogen) atoms. The molecule has 1 saturated heterocycles. The van der Waals surface area contributed by atoms with Gasteiger partial charge in [0.2, 0.25) is 5.95 Å². The van der Waals surface area contributed by atoms with Gasteiger partial charge in [0.1, 0.15) is 18.1 Å². The van der Waals surface area contributed by atoms with E-state index in [1.165, 1.54) is 12.7 Å². The SMILES string of the molecule is CC1=C(C(=O)N2CCCCC2)[C@H](c2ccc(O)cc2)n2ncnc2N1. The number of aromatic nitrogens is 3. The van der Waals surface area contributed by atoms with E-state index < -0.39 is 0 Å². The highest BCUT2D eigenvalue weighted by Crippen LogP contribution is 2.36. The Hall–Kier alpha value is -2.83. The number of rotatable bonds is 2. The number of nitrogens with zero attached hydrogens (tertiary/aromatic N) is 4. The van der Waals surface area contributed by atoms with E-state index >= 15 is 0 Å². The molecule has 0 spiro atoms. The van der Waals surface area contributed by atoms with Crippen LogP contribution >= 0.6 is 0 Å². The minimum absolute atomic E-state index is 0.0453. The van der Waals surface area contributed by atoms with E-state index in [9.17, 15) is 9.90 Å². The predicted octanol–water partition coefficient (Wildman–Crippen LogP) is 2.29. The van der Waals surface area contributed by atoms with Gasteiger partial charge in [0.25, 0.3) is 5.91 Å². The Morgan fingerprint density at radius 2 is 1.92 bits per heavy atom. The molecule has 2 aliphatic rings. The summed E-state index contributed by atoms with van der Waals surface area (Å²) in [6.45, 7) is 3.49. The molecular formula is C18H21N5O2. The van der Waals surface area contributed by atoms with Crippen molar-refractivity contribution in [2.75, 3.05) is 18.4 Å². The Labute approximate surface area is 146 Å². The first-order valence-corrected chi connectivity index (χ1v) is 8.60. The predicted molar refractivity (Wildman–Crippen MR) is 93.0 cm³/mol. The van der Waals surface area contributed by atoms with Gasteiger partial charge in [-0.2, -0.15) is 10.1 Å². The Morgan fingerprint density at radius 3 is 2.64 bits per heavy atom. The number of phenols is 1. The second-order valence-corrected chi connectivity index (χ2v) is 6.54. The number of piperidine rings is 1. The lowest BCUT2D eigenvalue weighted by Gasteiger charge is -2.34. The minimum Gasteiger partial charge on any atom is -0.508 e. The van der Waals surface area contributed by atoms with Gasteiger partial charge in [-0.1, -0.05) is 12.1 Å². The lowest BCUT2D eigenvalue weighted by molar-refractivity contribution is -0.128. The summed E-state index contributed by atoms with van der Waals surface area (Å²) in [7, 11) is 0. The summed E-state index contributed by atoms with van der Waals surface area (Å²) < 4.78 is 1.73. The molecule has 3 heterocycles. The first-order chi connectivity index (χ1) is 12.1. The molecule has 2 aromatic rings. The van der Waals surface area contributed by atoms with Gasteiger partial charge in [-0.05, 0) is 43.9 Å². The molecule has 1 fully saturated rings. The number of nitrogens with one attached hydrogen (secondary N) is 1. The number of hydrogen-bond donors (Lipinski definition) is 2. The number of anilines is 1. The highest BCUT2D eigenvalue weighted by molar-refractivity contribution is 5.96. The summed E-state index contributed by atoms with van der Waals surface area (Å²) in [6, 6.07) is 6.56. The zero-order chi connectivity index (χ0) is 17.4. The van der Waals surface area contributed by atoms with Gasteiger partial charge in [0, 0.05) is 18.8 Å². The average molecular weight is 339 g/mol. The number of carbonyl (C=O) groups is 1. The van der Waals surface area contributed by atoms with Crippen LogP contribution in [0.3, 0.4) is 0 Å². The fourth-order valence-corrected chi connectivity index (χ4v) is 3.60. The van der Waals surface area contributed by atoms with Crippen LogP contribution in [0.4, 0.5) is 5.95 Å². The molecule has 0 saturated carbocycles. The number of likely N-dealkylation sites (tertiary alicyclic amines) is 1. The maximum absolute atomic E-state index is 13.3. The third-order valence-corrected chi connectivity index (χ3v) is 4.88. The maximum atomic E-state index is 13.3. The summed E-state index contributed by atoms with van der Waals surface area (Å²) in [4.78, 5) is 19.4. The molecule has 7 nitrogen and oxygen atoms in total. The van der Waals surface area contributed by atoms with Crippen molar-refractivity contribution < 1.29 is 9.90 Å². The van der Waals surface area contributed by atoms with Crippen molar-refractivity contribution in [3.05, 3.63) is 47.4 Å². The molecule has 130 valence electrons. The Balaban J connectivity index is 1.78. The first-order valence-electron chi connectivity index (χ1n) is 8.60. The quantitative estimate of drug-likeness (QED) is 0.877. The van der Waals surface area contributed by atoms with Crippen molar-refractivity contribution in [1.29, 1.82) is 0 Å². The van der Waals surface area contributed by atoms with Crippen LogP contribution in [0.2, 0.25) is 0 Å². The van der Waals surface area contributed by atoms with Crippen LogP contribution in [0.15, 0.2) is 41.9 Å². The zero-order valence-electron chi connectivity index (χ0n) is 14.1. The van der Waals surface area contributed by atoms with Crippen molar-refractivity contribution in [3.8, 4) is 5.75 Å². The van der Waals surface area contributed by atoms with Crippen LogP contribution in [0.25, 0.3) is 0 Å². The largest absolute Gasteiger partial charge is 0.508 e. The smallest absolute Gasteiger partial charge is 0.254 e. The molecule has 0 aliphatic carbocycles. The first kappa shape index (κ1) is 15.7. The van der Waals surface area contributed by atoms with Gasteiger partial charge in [0.15, 0.2) is 0 Å². The number of aromatic hydroxyl groups is 1. The van der Waals surface area contributed by atoms with Gasteiger partial charge in [-0.3, -0.25) is 4.79 Å². The number of fused-ring (bicyclic) bond motifs is 1. The molecule has 0 unspecified atom stereocenters. The number of benzene rings is 1. The van der Waals surface area contributed by atoms with Gasteiger partial charge in [-0.15, -0.1) is 0 Å². The van der Waals surface area contributed by atoms with E-state index in [1.807, 2.05) is 24.0 Å². The van der Waals surface area contributed by atoms with Crippen LogP contribution in [0, 0.1) is 0 Å². The van der Waals surface area contributed by atoms with Gasteiger partial charge in [-0.25, -0.2) is 4.68 Å². The zero-order valence-corrected chi connectivity index (χ0v) is 14.1. The molecule has 1 atom stereocenters. The summed E-state index contributed by atoms with van der Waals surface area (Å²) in [5.41, 5.74) is 2.38. The molecule has 0 bridgehead atoms. The van der Waals surface area contributed by atoms with E-state index in [-0.39, 0.29) is 17.7 Å². The molecule has 0 radical (unpaired) electrons. The molecule has 1 aromatic carbocycles. The van der Waals surface area contributed by atoms with Gasteiger partial charge >= 0.3 is 0 Å². The van der Waals surface area contributed by atoms with Crippen molar-refractivity contribution in [2.24, 2.45) is 0 Å². The minimum atomic E-state index is -0.353. The van der Waals surface area contributed by atoms with Crippen molar-refractivity contribution in [1.82, 2.24) is 19.7 Å². The van der Waals surface area contributed by atoms with Crippen LogP contribution in [-0.4, -0.2) is 43.8 Å². The number of phenolic OH excluding ortho intramolecular Hbond substituents is 1. The van der Waals surface area contributed by atoms with E-state index in [2.05, 4.69) is 15.4 Å². The topological polar surface area (TPSA) is 83.3 Å². The average Bonchev–Trinajstić information content (AvgIpc) is 3.09. The molecule has 2 N–H and O–H groups in total. The second kappa shape index (κ2) is 6.23. The van der Waals surface area contributed by atoms with E-state index in [0.717, 1.165) is 37.2 Å². The standard InChI is InChI=1S/C18H21N5O2/c1-12-15(17(25)22-9-3-2-4-10-22)16(13-5-7-14(24)8-6-13)23-18(21-12)19-11-20-23/h5-8,11,16,24H,2-4,9-10H2,1H3,(H,19,20,21)/t16-/m0/s1. The van der Waals surface area contributed by atoms with Crippen LogP contribution in [0.5, 0.6) is 5.75 Å². The molecule has 4 rings (SSSR count). The summed E-state index contributed by atoms with van der Waals surface area (Å²) >= 11 is 0. The van der Waals surface area contributed by atoms with Crippen molar-refractivity contribution >= 4 is 11.9 Å². The van der Waals surface area contributed by atoms with E-state index in [0.29, 0.717) is 11.5 Å². The number of carbonyl (C=O) groups excluding carboxylic acids is 1. The summed E-state index contributed by atoms with van der Waals surface area (Å²) in [5.74, 6) is 0.857. The number of hydrogen-bond acceptors (Lipinski definition) is 5. The Morgan fingerprint density at radius 1 is 1.20 bits per heavy atom. The third-order valence-electron chi connectivity index (χ3n) is 4.88. The van der Waals surface area contributed by atoms with Crippen LogP contribution in [-0.2, 0) is 4.79 Å². The molecular weight excluding hydrogens is 318 g/mol.